The summed E-state index contributed by atoms with van der Waals surface area (Å²) >= 11 is 3.30. The lowest BCUT2D eigenvalue weighted by Gasteiger charge is -2.26. The first-order valence-electron chi connectivity index (χ1n) is 5.56. The zero-order chi connectivity index (χ0) is 13.7. The molecule has 0 fully saturated rings. The van der Waals surface area contributed by atoms with E-state index in [1.165, 1.54) is 0 Å². The van der Waals surface area contributed by atoms with Crippen molar-refractivity contribution in [2.75, 3.05) is 25.7 Å². The van der Waals surface area contributed by atoms with E-state index >= 15 is 0 Å². The minimum atomic E-state index is -0.350. The third kappa shape index (κ3) is 3.43. The van der Waals surface area contributed by atoms with Gasteiger partial charge in [0.05, 0.1) is 11.5 Å². The second-order valence-corrected chi connectivity index (χ2v) is 4.69. The Morgan fingerprint density at radius 3 is 2.72 bits per heavy atom. The summed E-state index contributed by atoms with van der Waals surface area (Å²) in [7, 11) is 3.45. The number of benzene rings is 1. The summed E-state index contributed by atoms with van der Waals surface area (Å²) in [6, 6.07) is 5.33. The Bertz CT molecular complexity index is 426. The Morgan fingerprint density at radius 1 is 1.56 bits per heavy atom. The van der Waals surface area contributed by atoms with Crippen molar-refractivity contribution < 1.29 is 9.66 Å². The lowest BCUT2D eigenvalue weighted by Crippen LogP contribution is -2.33. The van der Waals surface area contributed by atoms with Crippen molar-refractivity contribution >= 4 is 27.3 Å². The molecule has 0 saturated carbocycles. The summed E-state index contributed by atoms with van der Waals surface area (Å²) in [4.78, 5) is 12.6. The van der Waals surface area contributed by atoms with Crippen LogP contribution in [0, 0.1) is 10.1 Å². The monoisotopic (exact) mass is 316 g/mol. The molecule has 0 aliphatic heterocycles. The van der Waals surface area contributed by atoms with E-state index in [1.807, 2.05) is 24.9 Å². The Labute approximate surface area is 115 Å². The number of nitro benzene ring substituents is 1. The number of halogens is 1. The van der Waals surface area contributed by atoms with Crippen LogP contribution in [0.3, 0.4) is 0 Å². The highest BCUT2D eigenvalue weighted by Gasteiger charge is 2.20. The molecular weight excluding hydrogens is 300 g/mol. The predicted molar refractivity (Wildman–Crippen MR) is 75.5 cm³/mol. The molecular formula is C12H17BrN2O3. The topological polar surface area (TPSA) is 55.6 Å². The number of rotatable bonds is 6. The van der Waals surface area contributed by atoms with Gasteiger partial charge < -0.3 is 9.64 Å². The van der Waals surface area contributed by atoms with Crippen LogP contribution < -0.4 is 4.90 Å². The van der Waals surface area contributed by atoms with Gasteiger partial charge in [0.15, 0.2) is 0 Å². The van der Waals surface area contributed by atoms with Gasteiger partial charge in [0, 0.05) is 31.6 Å². The van der Waals surface area contributed by atoms with Crippen LogP contribution >= 0.6 is 15.9 Å². The lowest BCUT2D eigenvalue weighted by atomic mass is 10.1. The van der Waals surface area contributed by atoms with E-state index in [4.69, 9.17) is 4.74 Å². The normalized spacial score (nSPS) is 12.2. The van der Waals surface area contributed by atoms with Crippen molar-refractivity contribution in [3.05, 3.63) is 33.9 Å². The summed E-state index contributed by atoms with van der Waals surface area (Å²) < 4.78 is 5.07. The molecule has 6 heteroatoms. The van der Waals surface area contributed by atoms with Crippen LogP contribution in [-0.2, 0) is 10.1 Å². The molecule has 100 valence electrons. The third-order valence-electron chi connectivity index (χ3n) is 2.84. The molecule has 0 N–H and O–H groups in total. The Balaban J connectivity index is 3.10. The van der Waals surface area contributed by atoms with Crippen molar-refractivity contribution in [2.45, 2.75) is 18.3 Å². The summed E-state index contributed by atoms with van der Waals surface area (Å²) in [5.74, 6) is 0. The van der Waals surface area contributed by atoms with Gasteiger partial charge in [0.25, 0.3) is 5.69 Å². The molecule has 0 bridgehead atoms. The van der Waals surface area contributed by atoms with Gasteiger partial charge in [-0.15, -0.1) is 0 Å². The number of anilines is 1. The first-order valence-corrected chi connectivity index (χ1v) is 6.68. The zero-order valence-electron chi connectivity index (χ0n) is 10.7. The highest BCUT2D eigenvalue weighted by atomic mass is 79.9. The summed E-state index contributed by atoms with van der Waals surface area (Å²) in [5.41, 5.74) is 1.62. The third-order valence-corrected chi connectivity index (χ3v) is 3.49. The molecule has 1 unspecified atom stereocenters. The number of hydrogen-bond donors (Lipinski definition) is 0. The largest absolute Gasteiger partial charge is 0.383 e. The van der Waals surface area contributed by atoms with E-state index in [-0.39, 0.29) is 16.7 Å². The average molecular weight is 317 g/mol. The van der Waals surface area contributed by atoms with Crippen molar-refractivity contribution in [3.8, 4) is 0 Å². The van der Waals surface area contributed by atoms with Crippen molar-refractivity contribution in [2.24, 2.45) is 0 Å². The molecule has 1 aromatic carbocycles. The molecule has 0 heterocycles. The quantitative estimate of drug-likeness (QED) is 0.460. The summed E-state index contributed by atoms with van der Waals surface area (Å²) in [6.07, 6.45) is 0. The van der Waals surface area contributed by atoms with Crippen LogP contribution in [0.2, 0.25) is 0 Å². The van der Waals surface area contributed by atoms with E-state index in [2.05, 4.69) is 15.9 Å². The smallest absolute Gasteiger partial charge is 0.292 e. The van der Waals surface area contributed by atoms with Crippen molar-refractivity contribution in [1.82, 2.24) is 0 Å². The molecule has 1 aromatic rings. The molecule has 1 atom stereocenters. The molecule has 0 aliphatic carbocycles. The average Bonchev–Trinajstić information content (AvgIpc) is 2.37. The lowest BCUT2D eigenvalue weighted by molar-refractivity contribution is -0.384. The number of likely N-dealkylation sites (N-methyl/N-ethyl adjacent to an activating group) is 1. The van der Waals surface area contributed by atoms with Crippen LogP contribution in [0.15, 0.2) is 18.2 Å². The fourth-order valence-electron chi connectivity index (χ4n) is 1.69. The molecule has 0 saturated heterocycles. The SMILES string of the molecule is COCC(C)N(C)c1ccc(CBr)cc1[N+](=O)[O-]. The van der Waals surface area contributed by atoms with Crippen LogP contribution in [0.25, 0.3) is 0 Å². The van der Waals surface area contributed by atoms with E-state index < -0.39 is 0 Å². The Morgan fingerprint density at radius 2 is 2.22 bits per heavy atom. The minimum absolute atomic E-state index is 0.0727. The van der Waals surface area contributed by atoms with Crippen LogP contribution in [-0.4, -0.2) is 31.7 Å². The van der Waals surface area contributed by atoms with E-state index in [1.54, 1.807) is 19.2 Å². The fraction of sp³-hybridized carbons (Fsp3) is 0.500. The number of nitrogens with zero attached hydrogens (tertiary/aromatic N) is 2. The first kappa shape index (κ1) is 14.9. The number of ether oxygens (including phenoxy) is 1. The first-order chi connectivity index (χ1) is 8.51. The van der Waals surface area contributed by atoms with Gasteiger partial charge in [0.2, 0.25) is 0 Å². The second-order valence-electron chi connectivity index (χ2n) is 4.13. The molecule has 0 radical (unpaired) electrons. The summed E-state index contributed by atoms with van der Waals surface area (Å²) in [6.45, 7) is 2.49. The van der Waals surface area contributed by atoms with Gasteiger partial charge in [-0.25, -0.2) is 0 Å². The van der Waals surface area contributed by atoms with Gasteiger partial charge in [-0.05, 0) is 18.6 Å². The van der Waals surface area contributed by atoms with Crippen LogP contribution in [0.5, 0.6) is 0 Å². The van der Waals surface area contributed by atoms with Gasteiger partial charge in [-0.2, -0.15) is 0 Å². The van der Waals surface area contributed by atoms with E-state index in [0.717, 1.165) is 5.56 Å². The van der Waals surface area contributed by atoms with E-state index in [0.29, 0.717) is 17.6 Å². The minimum Gasteiger partial charge on any atom is -0.383 e. The van der Waals surface area contributed by atoms with Gasteiger partial charge in [-0.3, -0.25) is 10.1 Å². The highest BCUT2D eigenvalue weighted by molar-refractivity contribution is 9.08. The molecule has 5 nitrogen and oxygen atoms in total. The number of hydrogen-bond acceptors (Lipinski definition) is 4. The number of nitro groups is 1. The van der Waals surface area contributed by atoms with E-state index in [9.17, 15) is 10.1 Å². The van der Waals surface area contributed by atoms with Crippen molar-refractivity contribution in [1.29, 1.82) is 0 Å². The van der Waals surface area contributed by atoms with Gasteiger partial charge in [0.1, 0.15) is 5.69 Å². The Hall–Kier alpha value is -1.14. The van der Waals surface area contributed by atoms with Crippen LogP contribution in [0.1, 0.15) is 12.5 Å². The second kappa shape index (κ2) is 6.70. The zero-order valence-corrected chi connectivity index (χ0v) is 12.3. The van der Waals surface area contributed by atoms with Gasteiger partial charge in [-0.1, -0.05) is 22.0 Å². The maximum atomic E-state index is 11.1. The highest BCUT2D eigenvalue weighted by Crippen LogP contribution is 2.30. The molecule has 18 heavy (non-hydrogen) atoms. The molecule has 0 aliphatic rings. The molecule has 0 amide bonds. The molecule has 0 aromatic heterocycles. The predicted octanol–water partition coefficient (Wildman–Crippen LogP) is 2.96. The standard InChI is InChI=1S/C12H17BrN2O3/c1-9(8-18-3)14(2)11-5-4-10(7-13)6-12(11)15(16)17/h4-6,9H,7-8H2,1-3H3. The fourth-order valence-corrected chi connectivity index (χ4v) is 2.04. The maximum Gasteiger partial charge on any atom is 0.292 e. The van der Waals surface area contributed by atoms with Crippen LogP contribution in [0.4, 0.5) is 11.4 Å². The summed E-state index contributed by atoms with van der Waals surface area (Å²) in [5, 5.41) is 11.7. The maximum absolute atomic E-state index is 11.1. The number of alkyl halides is 1. The number of methoxy groups -OCH3 is 1. The van der Waals surface area contributed by atoms with Gasteiger partial charge >= 0.3 is 0 Å². The van der Waals surface area contributed by atoms with Crippen molar-refractivity contribution in [3.63, 3.8) is 0 Å². The molecule has 0 spiro atoms. The molecule has 1 rings (SSSR count). The Kier molecular flexibility index (Phi) is 5.55.